The normalized spacial score (nSPS) is 21.1. The Bertz CT molecular complexity index is 326. The molecule has 1 unspecified atom stereocenters. The monoisotopic (exact) mass is 195 g/mol. The van der Waals surface area contributed by atoms with Crippen LogP contribution in [-0.2, 0) is 4.74 Å². The quantitative estimate of drug-likeness (QED) is 0.726. The fourth-order valence-electron chi connectivity index (χ4n) is 1.69. The Kier molecular flexibility index (Phi) is 2.54. The molecule has 1 aliphatic heterocycles. The molecule has 4 heteroatoms. The van der Waals surface area contributed by atoms with Gasteiger partial charge < -0.3 is 14.5 Å². The van der Waals surface area contributed by atoms with E-state index >= 15 is 0 Å². The van der Waals surface area contributed by atoms with Gasteiger partial charge in [0.2, 0.25) is 0 Å². The molecule has 0 amide bonds. The number of carbonyl (C=O) groups is 1. The molecule has 0 bridgehead atoms. The van der Waals surface area contributed by atoms with Crippen molar-refractivity contribution >= 4 is 5.97 Å². The number of nitrogens with one attached hydrogen (secondary N) is 1. The second kappa shape index (κ2) is 3.84. The first-order valence-corrected chi connectivity index (χ1v) is 4.71. The van der Waals surface area contributed by atoms with E-state index in [1.54, 1.807) is 6.07 Å². The molecule has 0 aromatic carbocycles. The highest BCUT2D eigenvalue weighted by Gasteiger charge is 2.21. The predicted octanol–water partition coefficient (Wildman–Crippen LogP) is 1.49. The van der Waals surface area contributed by atoms with Gasteiger partial charge in [0.1, 0.15) is 12.0 Å². The van der Waals surface area contributed by atoms with Gasteiger partial charge in [-0.15, -0.1) is 0 Å². The topological polar surface area (TPSA) is 51.5 Å². The fourth-order valence-corrected chi connectivity index (χ4v) is 1.69. The van der Waals surface area contributed by atoms with Gasteiger partial charge >= 0.3 is 5.97 Å². The number of carbonyl (C=O) groups excluding carboxylic acids is 1. The van der Waals surface area contributed by atoms with Crippen molar-refractivity contribution in [3.63, 3.8) is 0 Å². The smallest absolute Gasteiger partial charge is 0.341 e. The zero-order chi connectivity index (χ0) is 9.97. The van der Waals surface area contributed by atoms with E-state index in [0.717, 1.165) is 25.1 Å². The number of hydrogen-bond acceptors (Lipinski definition) is 4. The van der Waals surface area contributed by atoms with E-state index in [0.29, 0.717) is 5.56 Å². The van der Waals surface area contributed by atoms with Crippen LogP contribution in [0.1, 0.15) is 35.0 Å². The number of methoxy groups -OCH3 is 1. The summed E-state index contributed by atoms with van der Waals surface area (Å²) in [5, 5.41) is 3.30. The summed E-state index contributed by atoms with van der Waals surface area (Å²) < 4.78 is 9.90. The van der Waals surface area contributed by atoms with Gasteiger partial charge in [-0.3, -0.25) is 0 Å². The maximum absolute atomic E-state index is 11.1. The van der Waals surface area contributed by atoms with Crippen molar-refractivity contribution in [1.82, 2.24) is 5.32 Å². The standard InChI is InChI=1S/C10H13NO3/c1-13-10(12)7-5-9(14-6-7)8-3-2-4-11-8/h5-6,8,11H,2-4H2,1H3. The van der Waals surface area contributed by atoms with Crippen molar-refractivity contribution < 1.29 is 13.9 Å². The lowest BCUT2D eigenvalue weighted by molar-refractivity contribution is 0.0600. The van der Waals surface area contributed by atoms with Gasteiger partial charge in [0.15, 0.2) is 0 Å². The summed E-state index contributed by atoms with van der Waals surface area (Å²) in [5.41, 5.74) is 0.483. The lowest BCUT2D eigenvalue weighted by Crippen LogP contribution is -2.11. The molecule has 1 atom stereocenters. The summed E-state index contributed by atoms with van der Waals surface area (Å²) in [7, 11) is 1.36. The first-order chi connectivity index (χ1) is 6.81. The first-order valence-electron chi connectivity index (χ1n) is 4.71. The third-order valence-electron chi connectivity index (χ3n) is 2.44. The van der Waals surface area contributed by atoms with Gasteiger partial charge in [-0.25, -0.2) is 4.79 Å². The van der Waals surface area contributed by atoms with Crippen LogP contribution in [0, 0.1) is 0 Å². The molecule has 4 nitrogen and oxygen atoms in total. The molecule has 1 aromatic heterocycles. The molecule has 0 saturated carbocycles. The molecule has 1 fully saturated rings. The van der Waals surface area contributed by atoms with E-state index in [9.17, 15) is 4.79 Å². The van der Waals surface area contributed by atoms with Gasteiger partial charge in [-0.2, -0.15) is 0 Å². The first kappa shape index (κ1) is 9.27. The molecular formula is C10H13NO3. The molecule has 76 valence electrons. The molecule has 2 rings (SSSR count). The number of ether oxygens (including phenoxy) is 1. The third-order valence-corrected chi connectivity index (χ3v) is 2.44. The highest BCUT2D eigenvalue weighted by molar-refractivity contribution is 5.89. The molecule has 14 heavy (non-hydrogen) atoms. The molecule has 1 aromatic rings. The van der Waals surface area contributed by atoms with Crippen molar-refractivity contribution in [3.8, 4) is 0 Å². The lowest BCUT2D eigenvalue weighted by Gasteiger charge is -2.04. The molecule has 0 aliphatic carbocycles. The average molecular weight is 195 g/mol. The predicted molar refractivity (Wildman–Crippen MR) is 50.0 cm³/mol. The molecular weight excluding hydrogens is 182 g/mol. The minimum atomic E-state index is -0.349. The lowest BCUT2D eigenvalue weighted by atomic mass is 10.1. The van der Waals surface area contributed by atoms with Crippen LogP contribution in [0.2, 0.25) is 0 Å². The minimum Gasteiger partial charge on any atom is -0.467 e. The van der Waals surface area contributed by atoms with Crippen molar-refractivity contribution in [1.29, 1.82) is 0 Å². The second-order valence-electron chi connectivity index (χ2n) is 3.38. The highest BCUT2D eigenvalue weighted by atomic mass is 16.5. The number of esters is 1. The maximum Gasteiger partial charge on any atom is 0.341 e. The van der Waals surface area contributed by atoms with Gasteiger partial charge in [0.05, 0.1) is 18.7 Å². The Balaban J connectivity index is 2.12. The van der Waals surface area contributed by atoms with Crippen LogP contribution < -0.4 is 5.32 Å². The van der Waals surface area contributed by atoms with Gasteiger partial charge in [0.25, 0.3) is 0 Å². The van der Waals surface area contributed by atoms with E-state index < -0.39 is 0 Å². The summed E-state index contributed by atoms with van der Waals surface area (Å²) in [6, 6.07) is 2.00. The fraction of sp³-hybridized carbons (Fsp3) is 0.500. The van der Waals surface area contributed by atoms with E-state index in [1.807, 2.05) is 0 Å². The van der Waals surface area contributed by atoms with Crippen LogP contribution in [0.3, 0.4) is 0 Å². The largest absolute Gasteiger partial charge is 0.467 e. The van der Waals surface area contributed by atoms with Crippen LogP contribution in [0.15, 0.2) is 16.7 Å². The molecule has 0 spiro atoms. The van der Waals surface area contributed by atoms with Gasteiger partial charge in [-0.05, 0) is 25.5 Å². The third kappa shape index (κ3) is 1.65. The van der Waals surface area contributed by atoms with Gasteiger partial charge in [0, 0.05) is 0 Å². The van der Waals surface area contributed by atoms with Crippen LogP contribution in [0.5, 0.6) is 0 Å². The maximum atomic E-state index is 11.1. The number of hydrogen-bond donors (Lipinski definition) is 1. The van der Waals surface area contributed by atoms with Gasteiger partial charge in [-0.1, -0.05) is 0 Å². The molecule has 1 saturated heterocycles. The Morgan fingerprint density at radius 3 is 3.21 bits per heavy atom. The van der Waals surface area contributed by atoms with Crippen LogP contribution in [0.25, 0.3) is 0 Å². The van der Waals surface area contributed by atoms with Crippen molar-refractivity contribution in [2.75, 3.05) is 13.7 Å². The number of furan rings is 1. The summed E-state index contributed by atoms with van der Waals surface area (Å²) in [6.45, 7) is 1.01. The summed E-state index contributed by atoms with van der Waals surface area (Å²) >= 11 is 0. The summed E-state index contributed by atoms with van der Waals surface area (Å²) in [5.74, 6) is 0.473. The zero-order valence-corrected chi connectivity index (χ0v) is 8.08. The van der Waals surface area contributed by atoms with E-state index in [-0.39, 0.29) is 12.0 Å². The van der Waals surface area contributed by atoms with Crippen LogP contribution in [-0.4, -0.2) is 19.6 Å². The van der Waals surface area contributed by atoms with Crippen molar-refractivity contribution in [2.45, 2.75) is 18.9 Å². The summed E-state index contributed by atoms with van der Waals surface area (Å²) in [4.78, 5) is 11.1. The Labute approximate surface area is 82.2 Å². The number of rotatable bonds is 2. The van der Waals surface area contributed by atoms with Crippen molar-refractivity contribution in [3.05, 3.63) is 23.7 Å². The van der Waals surface area contributed by atoms with E-state index in [1.165, 1.54) is 13.4 Å². The average Bonchev–Trinajstić information content (AvgIpc) is 2.86. The Hall–Kier alpha value is -1.29. The minimum absolute atomic E-state index is 0.258. The highest BCUT2D eigenvalue weighted by Crippen LogP contribution is 2.24. The molecule has 1 aliphatic rings. The summed E-state index contributed by atoms with van der Waals surface area (Å²) in [6.07, 6.45) is 3.66. The molecule has 0 radical (unpaired) electrons. The van der Waals surface area contributed by atoms with E-state index in [4.69, 9.17) is 4.42 Å². The van der Waals surface area contributed by atoms with E-state index in [2.05, 4.69) is 10.1 Å². The van der Waals surface area contributed by atoms with Crippen molar-refractivity contribution in [2.24, 2.45) is 0 Å². The van der Waals surface area contributed by atoms with Crippen LogP contribution in [0.4, 0.5) is 0 Å². The Morgan fingerprint density at radius 1 is 1.71 bits per heavy atom. The molecule has 1 N–H and O–H groups in total. The van der Waals surface area contributed by atoms with Crippen LogP contribution >= 0.6 is 0 Å². The zero-order valence-electron chi connectivity index (χ0n) is 8.08. The SMILES string of the molecule is COC(=O)c1coc(C2CCCN2)c1. The second-order valence-corrected chi connectivity index (χ2v) is 3.38. The Morgan fingerprint density at radius 2 is 2.57 bits per heavy atom. The molecule has 2 heterocycles.